The lowest BCUT2D eigenvalue weighted by atomic mass is 10.0. The summed E-state index contributed by atoms with van der Waals surface area (Å²) in [5.74, 6) is -0.629. The third-order valence-electron chi connectivity index (χ3n) is 12.6. The number of carbonyl (C=O) groups is 2. The van der Waals surface area contributed by atoms with Crippen molar-refractivity contribution in [2.45, 2.75) is 302 Å². The summed E-state index contributed by atoms with van der Waals surface area (Å²) in [5, 5.41) is 9.61. The minimum atomic E-state index is -0.793. The number of hydrogen-bond donors (Lipinski definition) is 1. The standard InChI is InChI=1S/C59H108O5/c1-3-5-7-9-11-13-15-17-19-20-21-22-23-24-25-26-27-28-29-30-31-32-33-34-35-36-37-38-40-41-43-45-47-49-51-53-58(61)63-56-57(55-60)64-59(62)54-52-50-48-46-44-42-39-18-16-14-12-10-8-6-4-2/h6,8,12,14,18,39,44,46,57,60H,3-5,7,9-11,13,15-17,19-38,40-43,45,47-56H2,1-2H3/b8-6-,14-12-,39-18-,46-44-. The maximum atomic E-state index is 12.2. The van der Waals surface area contributed by atoms with Crippen LogP contribution in [-0.4, -0.2) is 36.4 Å². The number of hydrogen-bond acceptors (Lipinski definition) is 5. The van der Waals surface area contributed by atoms with Gasteiger partial charge in [-0.3, -0.25) is 9.59 Å². The van der Waals surface area contributed by atoms with Crippen LogP contribution in [0.5, 0.6) is 0 Å². The van der Waals surface area contributed by atoms with Gasteiger partial charge < -0.3 is 14.6 Å². The normalized spacial score (nSPS) is 12.5. The Morgan fingerprint density at radius 3 is 1.02 bits per heavy atom. The van der Waals surface area contributed by atoms with E-state index in [1.165, 1.54) is 205 Å². The van der Waals surface area contributed by atoms with Crippen LogP contribution in [0.2, 0.25) is 0 Å². The molecule has 0 radical (unpaired) electrons. The van der Waals surface area contributed by atoms with Gasteiger partial charge in [0, 0.05) is 12.8 Å². The Balaban J connectivity index is 3.39. The van der Waals surface area contributed by atoms with E-state index in [-0.39, 0.29) is 25.2 Å². The molecule has 0 aliphatic heterocycles. The van der Waals surface area contributed by atoms with E-state index in [9.17, 15) is 14.7 Å². The van der Waals surface area contributed by atoms with Gasteiger partial charge in [-0.15, -0.1) is 0 Å². The Labute approximate surface area is 398 Å². The van der Waals surface area contributed by atoms with Gasteiger partial charge in [0.15, 0.2) is 6.10 Å². The Hall–Kier alpha value is -2.14. The lowest BCUT2D eigenvalue weighted by molar-refractivity contribution is -0.161. The van der Waals surface area contributed by atoms with E-state index in [2.05, 4.69) is 62.5 Å². The van der Waals surface area contributed by atoms with Gasteiger partial charge in [-0.2, -0.15) is 0 Å². The molecule has 0 rings (SSSR count). The number of allylic oxidation sites excluding steroid dienone is 8. The van der Waals surface area contributed by atoms with Crippen molar-refractivity contribution in [3.63, 3.8) is 0 Å². The molecule has 0 aliphatic rings. The Kier molecular flexibility index (Phi) is 53.3. The Morgan fingerprint density at radius 2 is 0.672 bits per heavy atom. The molecule has 374 valence electrons. The van der Waals surface area contributed by atoms with Crippen LogP contribution in [0.15, 0.2) is 48.6 Å². The summed E-state index contributed by atoms with van der Waals surface area (Å²) in [6, 6.07) is 0. The van der Waals surface area contributed by atoms with Gasteiger partial charge in [0.1, 0.15) is 6.61 Å². The summed E-state index contributed by atoms with van der Waals surface area (Å²) in [7, 11) is 0. The van der Waals surface area contributed by atoms with Crippen molar-refractivity contribution in [3.05, 3.63) is 48.6 Å². The molecular weight excluding hydrogens is 789 g/mol. The van der Waals surface area contributed by atoms with Gasteiger partial charge >= 0.3 is 11.9 Å². The monoisotopic (exact) mass is 897 g/mol. The molecule has 0 heterocycles. The first-order valence-corrected chi connectivity index (χ1v) is 28.2. The highest BCUT2D eigenvalue weighted by atomic mass is 16.6. The van der Waals surface area contributed by atoms with E-state index >= 15 is 0 Å². The second-order valence-corrected chi connectivity index (χ2v) is 19.0. The van der Waals surface area contributed by atoms with E-state index in [1.807, 2.05) is 0 Å². The first-order chi connectivity index (χ1) is 31.6. The van der Waals surface area contributed by atoms with E-state index < -0.39 is 6.10 Å². The summed E-state index contributed by atoms with van der Waals surface area (Å²) in [5.41, 5.74) is 0. The van der Waals surface area contributed by atoms with Crippen LogP contribution < -0.4 is 0 Å². The summed E-state index contributed by atoms with van der Waals surface area (Å²) in [6.45, 7) is 4.02. The fourth-order valence-corrected chi connectivity index (χ4v) is 8.43. The fraction of sp³-hybridized carbons (Fsp3) is 0.831. The summed E-state index contributed by atoms with van der Waals surface area (Å²) >= 11 is 0. The average molecular weight is 898 g/mol. The third-order valence-corrected chi connectivity index (χ3v) is 12.6. The first kappa shape index (κ1) is 61.9. The van der Waals surface area contributed by atoms with Crippen LogP contribution in [0.1, 0.15) is 296 Å². The summed E-state index contributed by atoms with van der Waals surface area (Å²) in [6.07, 6.45) is 72.6. The van der Waals surface area contributed by atoms with E-state index in [0.717, 1.165) is 64.2 Å². The maximum Gasteiger partial charge on any atom is 0.306 e. The molecule has 0 aromatic heterocycles. The zero-order valence-electron chi connectivity index (χ0n) is 42.8. The van der Waals surface area contributed by atoms with Gasteiger partial charge in [0.2, 0.25) is 0 Å². The molecule has 0 aliphatic carbocycles. The molecule has 0 aromatic rings. The highest BCUT2D eigenvalue weighted by Gasteiger charge is 2.16. The van der Waals surface area contributed by atoms with Crippen molar-refractivity contribution in [3.8, 4) is 0 Å². The quantitative estimate of drug-likeness (QED) is 0.0374. The zero-order valence-corrected chi connectivity index (χ0v) is 42.8. The third kappa shape index (κ3) is 52.5. The topological polar surface area (TPSA) is 72.8 Å². The molecule has 5 nitrogen and oxygen atoms in total. The van der Waals surface area contributed by atoms with E-state index in [1.54, 1.807) is 0 Å². The summed E-state index contributed by atoms with van der Waals surface area (Å²) < 4.78 is 10.6. The SMILES string of the molecule is CC/C=C\C/C=C\C/C=C\C/C=C\CCCCC(=O)OC(CO)COC(=O)CCCCCCCCCCCCCCCCCCCCCCCCCCCCCCCCCCCCC. The van der Waals surface area contributed by atoms with E-state index in [0.29, 0.717) is 12.8 Å². The van der Waals surface area contributed by atoms with Crippen molar-refractivity contribution < 1.29 is 24.2 Å². The lowest BCUT2D eigenvalue weighted by Gasteiger charge is -2.15. The highest BCUT2D eigenvalue weighted by Crippen LogP contribution is 2.18. The Bertz CT molecular complexity index is 1060. The molecule has 0 amide bonds. The number of carbonyl (C=O) groups excluding carboxylic acids is 2. The highest BCUT2D eigenvalue weighted by molar-refractivity contribution is 5.70. The minimum absolute atomic E-state index is 0.0806. The maximum absolute atomic E-state index is 12.2. The average Bonchev–Trinajstić information content (AvgIpc) is 3.30. The van der Waals surface area contributed by atoms with Crippen molar-refractivity contribution in [2.75, 3.05) is 13.2 Å². The van der Waals surface area contributed by atoms with Crippen LogP contribution in [0, 0.1) is 0 Å². The molecule has 0 saturated heterocycles. The van der Waals surface area contributed by atoms with Gasteiger partial charge in [-0.25, -0.2) is 0 Å². The molecule has 0 aromatic carbocycles. The predicted octanol–water partition coefficient (Wildman–Crippen LogP) is 18.9. The molecule has 1 N–H and O–H groups in total. The van der Waals surface area contributed by atoms with Gasteiger partial charge in [-0.1, -0.05) is 281 Å². The van der Waals surface area contributed by atoms with E-state index in [4.69, 9.17) is 9.47 Å². The summed E-state index contributed by atoms with van der Waals surface area (Å²) in [4.78, 5) is 24.4. The van der Waals surface area contributed by atoms with Crippen LogP contribution in [-0.2, 0) is 19.1 Å². The molecular formula is C59H108O5. The van der Waals surface area contributed by atoms with Crippen LogP contribution in [0.25, 0.3) is 0 Å². The van der Waals surface area contributed by atoms with Crippen LogP contribution in [0.3, 0.4) is 0 Å². The molecule has 0 saturated carbocycles. The minimum Gasteiger partial charge on any atom is -0.462 e. The number of ether oxygens (including phenoxy) is 2. The van der Waals surface area contributed by atoms with Crippen molar-refractivity contribution >= 4 is 11.9 Å². The fourth-order valence-electron chi connectivity index (χ4n) is 8.43. The molecule has 0 spiro atoms. The molecule has 1 unspecified atom stereocenters. The number of unbranched alkanes of at least 4 members (excludes halogenated alkanes) is 36. The number of rotatable bonds is 52. The Morgan fingerprint density at radius 1 is 0.375 bits per heavy atom. The number of aliphatic hydroxyl groups is 1. The lowest BCUT2D eigenvalue weighted by Crippen LogP contribution is -2.28. The predicted molar refractivity (Wildman–Crippen MR) is 279 cm³/mol. The second-order valence-electron chi connectivity index (χ2n) is 19.0. The molecule has 1 atom stereocenters. The van der Waals surface area contributed by atoms with Crippen molar-refractivity contribution in [2.24, 2.45) is 0 Å². The van der Waals surface area contributed by atoms with Gasteiger partial charge in [0.25, 0.3) is 0 Å². The first-order valence-electron chi connectivity index (χ1n) is 28.2. The second kappa shape index (κ2) is 55.2. The molecule has 5 heteroatoms. The van der Waals surface area contributed by atoms with Crippen molar-refractivity contribution in [1.29, 1.82) is 0 Å². The number of aliphatic hydroxyl groups excluding tert-OH is 1. The molecule has 64 heavy (non-hydrogen) atoms. The van der Waals surface area contributed by atoms with Crippen molar-refractivity contribution in [1.82, 2.24) is 0 Å². The largest absolute Gasteiger partial charge is 0.462 e. The van der Waals surface area contributed by atoms with Crippen LogP contribution in [0.4, 0.5) is 0 Å². The number of esters is 2. The smallest absolute Gasteiger partial charge is 0.306 e. The van der Waals surface area contributed by atoms with Gasteiger partial charge in [0.05, 0.1) is 6.61 Å². The zero-order chi connectivity index (χ0) is 46.3. The molecule has 0 bridgehead atoms. The van der Waals surface area contributed by atoms with Gasteiger partial charge in [-0.05, 0) is 51.4 Å². The molecule has 0 fully saturated rings. The van der Waals surface area contributed by atoms with Crippen LogP contribution >= 0.6 is 0 Å².